The first-order valence-electron chi connectivity index (χ1n) is 7.06. The van der Waals surface area contributed by atoms with Crippen LogP contribution in [0.3, 0.4) is 0 Å². The SMILES string of the molecule is CC(=O)Nc1ccc(NC(=O)CCc2c(Cl)cccc2Cl)cc1. The summed E-state index contributed by atoms with van der Waals surface area (Å²) in [6, 6.07) is 12.2. The maximum atomic E-state index is 12.0. The number of hydrogen-bond donors (Lipinski definition) is 2. The second kappa shape index (κ2) is 7.99. The predicted molar refractivity (Wildman–Crippen MR) is 94.2 cm³/mol. The number of rotatable bonds is 5. The maximum Gasteiger partial charge on any atom is 0.224 e. The number of hydrogen-bond acceptors (Lipinski definition) is 2. The Hall–Kier alpha value is -2.04. The Balaban J connectivity index is 1.91. The Bertz CT molecular complexity index is 695. The van der Waals surface area contributed by atoms with Gasteiger partial charge in [-0.1, -0.05) is 29.3 Å². The van der Waals surface area contributed by atoms with Crippen LogP contribution in [0.2, 0.25) is 10.0 Å². The molecule has 2 N–H and O–H groups in total. The molecule has 120 valence electrons. The smallest absolute Gasteiger partial charge is 0.224 e. The lowest BCUT2D eigenvalue weighted by Gasteiger charge is -2.09. The topological polar surface area (TPSA) is 58.2 Å². The fourth-order valence-corrected chi connectivity index (χ4v) is 2.66. The van der Waals surface area contributed by atoms with Crippen molar-refractivity contribution in [2.75, 3.05) is 10.6 Å². The lowest BCUT2D eigenvalue weighted by atomic mass is 10.1. The molecular formula is C17H16Cl2N2O2. The number of halogens is 2. The summed E-state index contributed by atoms with van der Waals surface area (Å²) in [4.78, 5) is 23.0. The minimum atomic E-state index is -0.140. The third kappa shape index (κ3) is 5.27. The molecule has 0 saturated heterocycles. The van der Waals surface area contributed by atoms with Crippen molar-refractivity contribution in [2.45, 2.75) is 19.8 Å². The molecule has 23 heavy (non-hydrogen) atoms. The molecule has 0 aliphatic carbocycles. The first kappa shape index (κ1) is 17.3. The van der Waals surface area contributed by atoms with Crippen LogP contribution in [0.1, 0.15) is 18.9 Å². The van der Waals surface area contributed by atoms with Gasteiger partial charge in [0, 0.05) is 34.8 Å². The van der Waals surface area contributed by atoms with Gasteiger partial charge in [0.05, 0.1) is 0 Å². The van der Waals surface area contributed by atoms with Crippen molar-refractivity contribution in [1.82, 2.24) is 0 Å². The van der Waals surface area contributed by atoms with E-state index in [1.165, 1.54) is 6.92 Å². The molecule has 0 aliphatic heterocycles. The van der Waals surface area contributed by atoms with E-state index in [1.54, 1.807) is 42.5 Å². The molecule has 2 aromatic rings. The average Bonchev–Trinajstić information content (AvgIpc) is 2.48. The molecule has 0 fully saturated rings. The summed E-state index contributed by atoms with van der Waals surface area (Å²) < 4.78 is 0. The van der Waals surface area contributed by atoms with Gasteiger partial charge in [0.15, 0.2) is 0 Å². The van der Waals surface area contributed by atoms with Gasteiger partial charge in [0.25, 0.3) is 0 Å². The molecule has 0 spiro atoms. The van der Waals surface area contributed by atoms with Gasteiger partial charge in [-0.3, -0.25) is 9.59 Å². The Morgan fingerprint density at radius 1 is 0.913 bits per heavy atom. The second-order valence-electron chi connectivity index (χ2n) is 5.01. The van der Waals surface area contributed by atoms with Crippen molar-refractivity contribution < 1.29 is 9.59 Å². The molecule has 0 heterocycles. The molecule has 0 aromatic heterocycles. The number of amides is 2. The lowest BCUT2D eigenvalue weighted by Crippen LogP contribution is -2.12. The van der Waals surface area contributed by atoms with Gasteiger partial charge in [-0.25, -0.2) is 0 Å². The van der Waals surface area contributed by atoms with Crippen LogP contribution in [0.4, 0.5) is 11.4 Å². The van der Waals surface area contributed by atoms with Gasteiger partial charge in [-0.05, 0) is 48.4 Å². The van der Waals surface area contributed by atoms with Crippen molar-refractivity contribution >= 4 is 46.4 Å². The third-order valence-corrected chi connectivity index (χ3v) is 3.86. The zero-order valence-corrected chi connectivity index (χ0v) is 14.0. The highest BCUT2D eigenvalue weighted by Gasteiger charge is 2.09. The highest BCUT2D eigenvalue weighted by atomic mass is 35.5. The second-order valence-corrected chi connectivity index (χ2v) is 5.82. The number of anilines is 2. The van der Waals surface area contributed by atoms with E-state index < -0.39 is 0 Å². The molecule has 2 rings (SSSR count). The summed E-state index contributed by atoms with van der Waals surface area (Å²) in [5.74, 6) is -0.272. The maximum absolute atomic E-state index is 12.0. The van der Waals surface area contributed by atoms with Crippen molar-refractivity contribution in [3.63, 3.8) is 0 Å². The normalized spacial score (nSPS) is 10.2. The fraction of sp³-hybridized carbons (Fsp3) is 0.176. The third-order valence-electron chi connectivity index (χ3n) is 3.15. The van der Waals surface area contributed by atoms with E-state index in [2.05, 4.69) is 10.6 Å². The molecule has 2 aromatic carbocycles. The van der Waals surface area contributed by atoms with Crippen molar-refractivity contribution in [3.8, 4) is 0 Å². The van der Waals surface area contributed by atoms with E-state index in [1.807, 2.05) is 0 Å². The van der Waals surface area contributed by atoms with Crippen LogP contribution in [0.5, 0.6) is 0 Å². The minimum absolute atomic E-state index is 0.131. The van der Waals surface area contributed by atoms with Crippen molar-refractivity contribution in [2.24, 2.45) is 0 Å². The van der Waals surface area contributed by atoms with E-state index in [0.717, 1.165) is 5.56 Å². The quantitative estimate of drug-likeness (QED) is 0.832. The highest BCUT2D eigenvalue weighted by Crippen LogP contribution is 2.25. The number of carbonyl (C=O) groups is 2. The summed E-state index contributed by atoms with van der Waals surface area (Å²) in [5.41, 5.74) is 2.11. The summed E-state index contributed by atoms with van der Waals surface area (Å²) in [5, 5.41) is 6.58. The van der Waals surface area contributed by atoms with Crippen LogP contribution in [0, 0.1) is 0 Å². The van der Waals surface area contributed by atoms with E-state index in [0.29, 0.717) is 27.8 Å². The van der Waals surface area contributed by atoms with E-state index >= 15 is 0 Å². The lowest BCUT2D eigenvalue weighted by molar-refractivity contribution is -0.116. The summed E-state index contributed by atoms with van der Waals surface area (Å²) in [6.07, 6.45) is 0.741. The Labute approximate surface area is 144 Å². The van der Waals surface area contributed by atoms with Crippen molar-refractivity contribution in [1.29, 1.82) is 0 Å². The van der Waals surface area contributed by atoms with Crippen LogP contribution < -0.4 is 10.6 Å². The Morgan fingerprint density at radius 3 is 1.96 bits per heavy atom. The molecule has 0 bridgehead atoms. The molecular weight excluding hydrogens is 335 g/mol. The number of carbonyl (C=O) groups excluding carboxylic acids is 2. The first-order chi connectivity index (χ1) is 11.0. The van der Waals surface area contributed by atoms with Gasteiger partial charge in [-0.2, -0.15) is 0 Å². The van der Waals surface area contributed by atoms with Crippen LogP contribution >= 0.6 is 23.2 Å². The number of benzene rings is 2. The molecule has 2 amide bonds. The minimum Gasteiger partial charge on any atom is -0.326 e. The summed E-state index contributed by atoms with van der Waals surface area (Å²) in [7, 11) is 0. The fourth-order valence-electron chi connectivity index (χ4n) is 2.07. The van der Waals surface area contributed by atoms with Gasteiger partial charge in [-0.15, -0.1) is 0 Å². The number of nitrogens with one attached hydrogen (secondary N) is 2. The van der Waals surface area contributed by atoms with Crippen LogP contribution in [0.25, 0.3) is 0 Å². The predicted octanol–water partition coefficient (Wildman–Crippen LogP) is 4.52. The zero-order chi connectivity index (χ0) is 16.8. The highest BCUT2D eigenvalue weighted by molar-refractivity contribution is 6.36. The molecule has 0 aliphatic rings. The largest absolute Gasteiger partial charge is 0.326 e. The molecule has 0 radical (unpaired) electrons. The molecule has 6 heteroatoms. The Morgan fingerprint density at radius 2 is 1.43 bits per heavy atom. The Kier molecular flexibility index (Phi) is 6.02. The summed E-state index contributed by atoms with van der Waals surface area (Å²) >= 11 is 12.2. The molecule has 0 saturated carbocycles. The standard InChI is InChI=1S/C17H16Cl2N2O2/c1-11(22)20-12-5-7-13(8-6-12)21-17(23)10-9-14-15(18)3-2-4-16(14)19/h2-8H,9-10H2,1H3,(H,20,22)(H,21,23). The van der Waals surface area contributed by atoms with Gasteiger partial charge in [0.2, 0.25) is 11.8 Å². The zero-order valence-electron chi connectivity index (χ0n) is 12.5. The van der Waals surface area contributed by atoms with Gasteiger partial charge in [0.1, 0.15) is 0 Å². The van der Waals surface area contributed by atoms with Gasteiger partial charge >= 0.3 is 0 Å². The van der Waals surface area contributed by atoms with E-state index in [4.69, 9.17) is 23.2 Å². The summed E-state index contributed by atoms with van der Waals surface area (Å²) in [6.45, 7) is 1.44. The van der Waals surface area contributed by atoms with Crippen LogP contribution in [-0.4, -0.2) is 11.8 Å². The van der Waals surface area contributed by atoms with Gasteiger partial charge < -0.3 is 10.6 Å². The van der Waals surface area contributed by atoms with Crippen molar-refractivity contribution in [3.05, 3.63) is 58.1 Å². The molecule has 0 unspecified atom stereocenters. The van der Waals surface area contributed by atoms with E-state index in [9.17, 15) is 9.59 Å². The van der Waals surface area contributed by atoms with E-state index in [-0.39, 0.29) is 18.2 Å². The monoisotopic (exact) mass is 350 g/mol. The molecule has 0 atom stereocenters. The van der Waals surface area contributed by atoms with Crippen LogP contribution in [0.15, 0.2) is 42.5 Å². The van der Waals surface area contributed by atoms with Crippen LogP contribution in [-0.2, 0) is 16.0 Å². The first-order valence-corrected chi connectivity index (χ1v) is 7.81. The molecule has 4 nitrogen and oxygen atoms in total. The average molecular weight is 351 g/mol.